The highest BCUT2D eigenvalue weighted by molar-refractivity contribution is 5.26. The van der Waals surface area contributed by atoms with Crippen molar-refractivity contribution in [3.05, 3.63) is 42.1 Å². The summed E-state index contributed by atoms with van der Waals surface area (Å²) in [5, 5.41) is 3.38. The average Bonchev–Trinajstić information content (AvgIpc) is 2.85. The second-order valence-corrected chi connectivity index (χ2v) is 4.59. The molecular formula is C14H20N4. The maximum atomic E-state index is 4.66. The molecule has 1 N–H and O–H groups in total. The molecule has 0 unspecified atom stereocenters. The Morgan fingerprint density at radius 2 is 2.17 bits per heavy atom. The van der Waals surface area contributed by atoms with Gasteiger partial charge >= 0.3 is 0 Å². The molecule has 4 heteroatoms. The molecule has 0 aliphatic rings. The third kappa shape index (κ3) is 2.96. The zero-order valence-corrected chi connectivity index (χ0v) is 11.2. The molecule has 2 heterocycles. The van der Waals surface area contributed by atoms with Gasteiger partial charge in [0.1, 0.15) is 11.6 Å². The molecule has 0 fully saturated rings. The second-order valence-electron chi connectivity index (χ2n) is 4.59. The number of aryl methyl sites for hydroxylation is 1. The van der Waals surface area contributed by atoms with Crippen molar-refractivity contribution in [1.82, 2.24) is 19.9 Å². The van der Waals surface area contributed by atoms with Crippen molar-refractivity contribution >= 4 is 0 Å². The van der Waals surface area contributed by atoms with E-state index in [9.17, 15) is 0 Å². The number of imidazole rings is 1. The molecule has 2 aromatic rings. The summed E-state index contributed by atoms with van der Waals surface area (Å²) in [5.41, 5.74) is 1.05. The molecule has 0 atom stereocenters. The van der Waals surface area contributed by atoms with Gasteiger partial charge in [0.2, 0.25) is 0 Å². The van der Waals surface area contributed by atoms with Crippen molar-refractivity contribution in [2.24, 2.45) is 0 Å². The minimum Gasteiger partial charge on any atom is -0.309 e. The molecule has 0 aliphatic heterocycles. The van der Waals surface area contributed by atoms with Crippen molar-refractivity contribution < 1.29 is 0 Å². The number of aromatic nitrogens is 3. The van der Waals surface area contributed by atoms with Gasteiger partial charge in [0, 0.05) is 31.4 Å². The van der Waals surface area contributed by atoms with Gasteiger partial charge in [-0.25, -0.2) is 9.97 Å². The lowest BCUT2D eigenvalue weighted by atomic mass is 10.3. The lowest BCUT2D eigenvalue weighted by Gasteiger charge is -2.10. The minimum absolute atomic E-state index is 0.468. The first-order chi connectivity index (χ1) is 8.70. The lowest BCUT2D eigenvalue weighted by Crippen LogP contribution is -2.22. The van der Waals surface area contributed by atoms with Crippen LogP contribution in [-0.2, 0) is 13.0 Å². The highest BCUT2D eigenvalue weighted by Gasteiger charge is 2.05. The van der Waals surface area contributed by atoms with Gasteiger partial charge in [-0.3, -0.25) is 4.57 Å². The van der Waals surface area contributed by atoms with Crippen LogP contribution in [0.15, 0.2) is 30.6 Å². The molecule has 0 bridgehead atoms. The first-order valence-electron chi connectivity index (χ1n) is 6.42. The zero-order chi connectivity index (χ0) is 13.0. The van der Waals surface area contributed by atoms with Crippen LogP contribution in [0.25, 0.3) is 5.82 Å². The highest BCUT2D eigenvalue weighted by atomic mass is 15.1. The molecule has 96 valence electrons. The monoisotopic (exact) mass is 244 g/mol. The van der Waals surface area contributed by atoms with E-state index in [1.54, 1.807) is 0 Å². The van der Waals surface area contributed by atoms with Crippen LogP contribution in [0.2, 0.25) is 0 Å². The normalized spacial score (nSPS) is 11.1. The van der Waals surface area contributed by atoms with Crippen LogP contribution in [0, 0.1) is 0 Å². The SMILES string of the molecule is CCc1nccn1-c1cccc(CNC(C)C)n1. The quantitative estimate of drug-likeness (QED) is 0.877. The smallest absolute Gasteiger partial charge is 0.138 e. The van der Waals surface area contributed by atoms with Crippen molar-refractivity contribution in [3.8, 4) is 5.82 Å². The van der Waals surface area contributed by atoms with E-state index in [0.717, 1.165) is 30.3 Å². The van der Waals surface area contributed by atoms with Crippen LogP contribution in [0.3, 0.4) is 0 Å². The molecule has 0 radical (unpaired) electrons. The van der Waals surface area contributed by atoms with Crippen LogP contribution in [-0.4, -0.2) is 20.6 Å². The Hall–Kier alpha value is -1.68. The van der Waals surface area contributed by atoms with Crippen molar-refractivity contribution in [1.29, 1.82) is 0 Å². The Morgan fingerprint density at radius 1 is 1.33 bits per heavy atom. The van der Waals surface area contributed by atoms with Gasteiger partial charge in [-0.2, -0.15) is 0 Å². The van der Waals surface area contributed by atoms with E-state index in [1.807, 2.05) is 35.2 Å². The number of hydrogen-bond donors (Lipinski definition) is 1. The molecule has 0 saturated carbocycles. The molecule has 2 rings (SSSR count). The van der Waals surface area contributed by atoms with Gasteiger partial charge in [0.05, 0.1) is 5.69 Å². The second kappa shape index (κ2) is 5.78. The lowest BCUT2D eigenvalue weighted by molar-refractivity contribution is 0.580. The Labute approximate surface area is 108 Å². The Balaban J connectivity index is 2.21. The Kier molecular flexibility index (Phi) is 4.10. The van der Waals surface area contributed by atoms with E-state index < -0.39 is 0 Å². The third-order valence-corrected chi connectivity index (χ3v) is 2.76. The summed E-state index contributed by atoms with van der Waals surface area (Å²) < 4.78 is 2.04. The van der Waals surface area contributed by atoms with Gasteiger partial charge in [0.25, 0.3) is 0 Å². The van der Waals surface area contributed by atoms with Crippen molar-refractivity contribution in [2.45, 2.75) is 39.8 Å². The Bertz CT molecular complexity index is 502. The molecule has 0 spiro atoms. The molecule has 18 heavy (non-hydrogen) atoms. The summed E-state index contributed by atoms with van der Waals surface area (Å²) in [5.74, 6) is 1.98. The molecule has 0 saturated heterocycles. The maximum Gasteiger partial charge on any atom is 0.138 e. The number of pyridine rings is 1. The number of hydrogen-bond acceptors (Lipinski definition) is 3. The fourth-order valence-electron chi connectivity index (χ4n) is 1.81. The predicted molar refractivity (Wildman–Crippen MR) is 72.7 cm³/mol. The fraction of sp³-hybridized carbons (Fsp3) is 0.429. The van der Waals surface area contributed by atoms with E-state index >= 15 is 0 Å². The molecule has 2 aromatic heterocycles. The van der Waals surface area contributed by atoms with Gasteiger partial charge < -0.3 is 5.32 Å². The molecule has 0 aliphatic carbocycles. The molecule has 0 amide bonds. The molecule has 4 nitrogen and oxygen atoms in total. The minimum atomic E-state index is 0.468. The first kappa shape index (κ1) is 12.8. The van der Waals surface area contributed by atoms with Crippen LogP contribution < -0.4 is 5.32 Å². The summed E-state index contributed by atoms with van der Waals surface area (Å²) in [4.78, 5) is 8.98. The van der Waals surface area contributed by atoms with Gasteiger partial charge in [-0.15, -0.1) is 0 Å². The standard InChI is InChI=1S/C14H20N4/c1-4-13-15-8-9-18(13)14-7-5-6-12(17-14)10-16-11(2)3/h5-9,11,16H,4,10H2,1-3H3. The summed E-state index contributed by atoms with van der Waals surface area (Å²) in [7, 11) is 0. The summed E-state index contributed by atoms with van der Waals surface area (Å²) in [6, 6.07) is 6.56. The van der Waals surface area contributed by atoms with Crippen LogP contribution in [0.4, 0.5) is 0 Å². The van der Waals surface area contributed by atoms with E-state index in [4.69, 9.17) is 0 Å². The van der Waals surface area contributed by atoms with E-state index in [0.29, 0.717) is 6.04 Å². The summed E-state index contributed by atoms with van der Waals surface area (Å²) in [6.45, 7) is 7.16. The first-order valence-corrected chi connectivity index (χ1v) is 6.42. The van der Waals surface area contributed by atoms with Crippen LogP contribution in [0.5, 0.6) is 0 Å². The van der Waals surface area contributed by atoms with Crippen LogP contribution in [0.1, 0.15) is 32.3 Å². The third-order valence-electron chi connectivity index (χ3n) is 2.76. The van der Waals surface area contributed by atoms with Crippen molar-refractivity contribution in [3.63, 3.8) is 0 Å². The topological polar surface area (TPSA) is 42.7 Å². The van der Waals surface area contributed by atoms with Gasteiger partial charge in [0.15, 0.2) is 0 Å². The predicted octanol–water partition coefficient (Wildman–Crippen LogP) is 2.33. The highest BCUT2D eigenvalue weighted by Crippen LogP contribution is 2.09. The van der Waals surface area contributed by atoms with E-state index in [2.05, 4.69) is 36.1 Å². The Morgan fingerprint density at radius 3 is 2.89 bits per heavy atom. The van der Waals surface area contributed by atoms with Crippen molar-refractivity contribution in [2.75, 3.05) is 0 Å². The summed E-state index contributed by atoms with van der Waals surface area (Å²) in [6.07, 6.45) is 4.68. The molecule has 0 aromatic carbocycles. The fourth-order valence-corrected chi connectivity index (χ4v) is 1.81. The largest absolute Gasteiger partial charge is 0.309 e. The summed E-state index contributed by atoms with van der Waals surface area (Å²) >= 11 is 0. The molecular weight excluding hydrogens is 224 g/mol. The van der Waals surface area contributed by atoms with E-state index in [-0.39, 0.29) is 0 Å². The van der Waals surface area contributed by atoms with Crippen LogP contribution >= 0.6 is 0 Å². The maximum absolute atomic E-state index is 4.66. The van der Waals surface area contributed by atoms with E-state index in [1.165, 1.54) is 0 Å². The number of rotatable bonds is 5. The number of nitrogens with one attached hydrogen (secondary N) is 1. The average molecular weight is 244 g/mol. The zero-order valence-electron chi connectivity index (χ0n) is 11.2. The van der Waals surface area contributed by atoms with Gasteiger partial charge in [-0.1, -0.05) is 26.8 Å². The van der Waals surface area contributed by atoms with Gasteiger partial charge in [-0.05, 0) is 12.1 Å². The number of nitrogens with zero attached hydrogens (tertiary/aromatic N) is 3.